The van der Waals surface area contributed by atoms with E-state index in [4.69, 9.17) is 28.1 Å². The quantitative estimate of drug-likeness (QED) is 0.159. The lowest BCUT2D eigenvalue weighted by molar-refractivity contribution is -0.318. The van der Waals surface area contributed by atoms with Crippen molar-refractivity contribution in [2.75, 3.05) is 13.7 Å². The predicted molar refractivity (Wildman–Crippen MR) is 143 cm³/mol. The largest absolute Gasteiger partial charge is 0.508 e. The number of fused-ring (bicyclic) bond motifs is 1. The van der Waals surface area contributed by atoms with Crippen molar-refractivity contribution in [2.24, 2.45) is 0 Å². The Hall–Kier alpha value is -3.51. The van der Waals surface area contributed by atoms with E-state index in [9.17, 15) is 45.6 Å². The maximum Gasteiger partial charge on any atom is 0.239 e. The van der Waals surface area contributed by atoms with E-state index in [0.717, 1.165) is 6.07 Å². The lowest BCUT2D eigenvalue weighted by atomic mass is 9.98. The Labute approximate surface area is 243 Å². The van der Waals surface area contributed by atoms with Gasteiger partial charge >= 0.3 is 0 Å². The second-order valence-electron chi connectivity index (χ2n) is 10.3. The molecule has 234 valence electrons. The highest BCUT2D eigenvalue weighted by molar-refractivity contribution is 5.88. The molecule has 0 aliphatic carbocycles. The van der Waals surface area contributed by atoms with Gasteiger partial charge in [-0.3, -0.25) is 4.79 Å². The van der Waals surface area contributed by atoms with Crippen molar-refractivity contribution in [1.82, 2.24) is 0 Å². The minimum absolute atomic E-state index is 0.000308. The molecule has 2 aliphatic heterocycles. The Balaban J connectivity index is 1.39. The van der Waals surface area contributed by atoms with E-state index in [1.165, 1.54) is 44.4 Å². The second-order valence-corrected chi connectivity index (χ2v) is 10.3. The van der Waals surface area contributed by atoms with E-state index < -0.39 is 79.2 Å². The summed E-state index contributed by atoms with van der Waals surface area (Å²) in [5.41, 5.74) is -0.443. The van der Waals surface area contributed by atoms with Crippen LogP contribution in [0.2, 0.25) is 0 Å². The summed E-state index contributed by atoms with van der Waals surface area (Å²) in [6.45, 7) is 0.951. The summed E-state index contributed by atoms with van der Waals surface area (Å²) in [7, 11) is 1.26. The molecule has 2 fully saturated rings. The number of phenols is 2. The van der Waals surface area contributed by atoms with Gasteiger partial charge in [-0.05, 0) is 31.2 Å². The fraction of sp³-hybridized carbons (Fsp3) is 0.464. The Bertz CT molecular complexity index is 1490. The molecule has 2 aliphatic rings. The summed E-state index contributed by atoms with van der Waals surface area (Å²) < 4.78 is 33.3. The highest BCUT2D eigenvalue weighted by Gasteiger charge is 2.47. The molecule has 8 N–H and O–H groups in total. The number of aliphatic hydroxyl groups is 6. The van der Waals surface area contributed by atoms with Crippen molar-refractivity contribution < 1.29 is 69.0 Å². The average molecular weight is 609 g/mol. The molecule has 5 rings (SSSR count). The minimum atomic E-state index is -1.78. The van der Waals surface area contributed by atoms with Crippen molar-refractivity contribution in [3.8, 4) is 34.3 Å². The Kier molecular flexibility index (Phi) is 8.80. The second kappa shape index (κ2) is 12.2. The molecule has 2 saturated heterocycles. The van der Waals surface area contributed by atoms with Crippen molar-refractivity contribution in [3.05, 3.63) is 46.6 Å². The molecule has 0 spiro atoms. The maximum absolute atomic E-state index is 13.2. The number of methoxy groups -OCH3 is 1. The molecule has 15 heteroatoms. The zero-order chi connectivity index (χ0) is 31.2. The lowest BCUT2D eigenvalue weighted by Crippen LogP contribution is -2.61. The highest BCUT2D eigenvalue weighted by Crippen LogP contribution is 2.37. The number of hydrogen-bond acceptors (Lipinski definition) is 15. The zero-order valence-electron chi connectivity index (χ0n) is 22.9. The van der Waals surface area contributed by atoms with Crippen LogP contribution in [0.25, 0.3) is 22.3 Å². The summed E-state index contributed by atoms with van der Waals surface area (Å²) in [5.74, 6) is -0.924. The molecule has 0 radical (unpaired) electrons. The zero-order valence-corrected chi connectivity index (χ0v) is 22.9. The van der Waals surface area contributed by atoms with Gasteiger partial charge in [0.1, 0.15) is 70.9 Å². The molecule has 1 aromatic heterocycles. The molecule has 0 saturated carbocycles. The van der Waals surface area contributed by atoms with Crippen LogP contribution in [-0.4, -0.2) is 116 Å². The van der Waals surface area contributed by atoms with Crippen molar-refractivity contribution in [1.29, 1.82) is 0 Å². The lowest BCUT2D eigenvalue weighted by Gasteiger charge is -2.42. The molecule has 3 heterocycles. The van der Waals surface area contributed by atoms with E-state index in [2.05, 4.69) is 0 Å². The topological polar surface area (TPSA) is 238 Å². The first-order valence-electron chi connectivity index (χ1n) is 13.3. The molecule has 2 aromatic carbocycles. The van der Waals surface area contributed by atoms with Crippen LogP contribution in [0.5, 0.6) is 23.0 Å². The predicted octanol–water partition coefficient (Wildman–Crippen LogP) is -1.09. The van der Waals surface area contributed by atoms with Crippen LogP contribution >= 0.6 is 0 Å². The minimum Gasteiger partial charge on any atom is -0.508 e. The third kappa shape index (κ3) is 5.86. The number of aromatic hydroxyl groups is 2. The Morgan fingerprint density at radius 1 is 0.814 bits per heavy atom. The molecule has 0 bridgehead atoms. The summed E-state index contributed by atoms with van der Waals surface area (Å²) >= 11 is 0. The Morgan fingerprint density at radius 2 is 1.47 bits per heavy atom. The van der Waals surface area contributed by atoms with Gasteiger partial charge in [0.25, 0.3) is 0 Å². The van der Waals surface area contributed by atoms with Gasteiger partial charge in [-0.2, -0.15) is 0 Å². The van der Waals surface area contributed by atoms with E-state index in [1.54, 1.807) is 0 Å². The Morgan fingerprint density at radius 3 is 2.14 bits per heavy atom. The molecule has 15 nitrogen and oxygen atoms in total. The van der Waals surface area contributed by atoms with Gasteiger partial charge in [0, 0.05) is 17.7 Å². The molecular formula is C28H32O15. The maximum atomic E-state index is 13.2. The van der Waals surface area contributed by atoms with Gasteiger partial charge in [0.05, 0.1) is 19.8 Å². The van der Waals surface area contributed by atoms with Crippen LogP contribution in [0.3, 0.4) is 0 Å². The van der Waals surface area contributed by atoms with Crippen LogP contribution in [0.1, 0.15) is 6.92 Å². The monoisotopic (exact) mass is 608 g/mol. The first-order valence-corrected chi connectivity index (χ1v) is 13.3. The van der Waals surface area contributed by atoms with Crippen LogP contribution in [0.15, 0.2) is 45.6 Å². The van der Waals surface area contributed by atoms with E-state index in [0.29, 0.717) is 5.56 Å². The number of phenolic OH excluding ortho intramolecular Hbond substituents is 2. The molecule has 10 atom stereocenters. The fourth-order valence-corrected chi connectivity index (χ4v) is 4.94. The first kappa shape index (κ1) is 30.9. The molecular weight excluding hydrogens is 576 g/mol. The molecule has 43 heavy (non-hydrogen) atoms. The SMILES string of the molecule is COc1c(-c2ccc(O)cc2)oc2cc(O[C@H]3O[C@@H](CO[C@@H]4O[C@@H](C)[C@H](O)[C@H](O)[C@H]4O)[C@H](O)[C@H](O)[C@@H]3O)cc(O)c2c1=O. The van der Waals surface area contributed by atoms with Gasteiger partial charge in [0.2, 0.25) is 17.5 Å². The average Bonchev–Trinajstić information content (AvgIpc) is 2.98. The summed E-state index contributed by atoms with van der Waals surface area (Å²) in [5, 5.41) is 81.6. The van der Waals surface area contributed by atoms with Crippen molar-refractivity contribution in [3.63, 3.8) is 0 Å². The van der Waals surface area contributed by atoms with E-state index in [-0.39, 0.29) is 34.0 Å². The molecule has 3 aromatic rings. The van der Waals surface area contributed by atoms with Crippen molar-refractivity contribution in [2.45, 2.75) is 68.3 Å². The summed E-state index contributed by atoms with van der Waals surface area (Å²) in [6.07, 6.45) is -15.1. The van der Waals surface area contributed by atoms with Gasteiger partial charge in [-0.1, -0.05) is 0 Å². The number of rotatable bonds is 7. The highest BCUT2D eigenvalue weighted by atomic mass is 16.7. The number of ether oxygens (including phenoxy) is 5. The smallest absolute Gasteiger partial charge is 0.239 e. The van der Waals surface area contributed by atoms with E-state index in [1.807, 2.05) is 0 Å². The molecule has 0 amide bonds. The molecule has 0 unspecified atom stereocenters. The summed E-state index contributed by atoms with van der Waals surface area (Å²) in [4.78, 5) is 13.2. The number of aliphatic hydroxyl groups excluding tert-OH is 6. The van der Waals surface area contributed by atoms with Crippen molar-refractivity contribution >= 4 is 11.0 Å². The standard InChI is InChI=1S/C28H32O15/c1-10-18(31)21(34)23(36)27(40-10)39-9-16-19(32)22(35)24(37)28(43-16)41-13-7-14(30)17-15(8-13)42-25(26(38-2)20(17)33)11-3-5-12(29)6-4-11/h3-8,10,16,18-19,21-24,27-32,34-37H,9H2,1-2H3/t10-,16-,18-,19-,21-,22-,23+,24-,27+,28-/m0/s1. The van der Waals surface area contributed by atoms with Crippen LogP contribution in [0.4, 0.5) is 0 Å². The third-order valence-corrected chi connectivity index (χ3v) is 7.39. The number of hydrogen-bond donors (Lipinski definition) is 8. The fourth-order valence-electron chi connectivity index (χ4n) is 4.94. The van der Waals surface area contributed by atoms with Gasteiger partial charge in [-0.15, -0.1) is 0 Å². The van der Waals surface area contributed by atoms with E-state index >= 15 is 0 Å². The van der Waals surface area contributed by atoms with Gasteiger partial charge in [0.15, 0.2) is 12.1 Å². The van der Waals surface area contributed by atoms with Gasteiger partial charge in [-0.25, -0.2) is 0 Å². The van der Waals surface area contributed by atoms with Crippen LogP contribution in [0, 0.1) is 0 Å². The van der Waals surface area contributed by atoms with Gasteiger partial charge < -0.3 is 69.0 Å². The number of benzene rings is 2. The summed E-state index contributed by atoms with van der Waals surface area (Å²) in [6, 6.07) is 8.03. The first-order chi connectivity index (χ1) is 20.4. The van der Waals surface area contributed by atoms with Crippen LogP contribution < -0.4 is 14.9 Å². The normalized spacial score (nSPS) is 32.9. The van der Waals surface area contributed by atoms with Crippen LogP contribution in [-0.2, 0) is 14.2 Å². The third-order valence-electron chi connectivity index (χ3n) is 7.39.